The zero-order valence-corrected chi connectivity index (χ0v) is 7.67. The van der Waals surface area contributed by atoms with Crippen LogP contribution in [0.3, 0.4) is 0 Å². The molecule has 0 radical (unpaired) electrons. The molecular weight excluding hydrogens is 180 g/mol. The van der Waals surface area contributed by atoms with Gasteiger partial charge in [-0.3, -0.25) is 4.79 Å². The lowest BCUT2D eigenvalue weighted by Crippen LogP contribution is -2.18. The van der Waals surface area contributed by atoms with E-state index in [2.05, 4.69) is 0 Å². The molecule has 1 aliphatic carbocycles. The number of carboxylic acids is 1. The topological polar surface area (TPSA) is 71.4 Å². The Hall–Kier alpha value is -0.580. The van der Waals surface area contributed by atoms with Crippen molar-refractivity contribution >= 4 is 15.8 Å². The van der Waals surface area contributed by atoms with Gasteiger partial charge in [0.05, 0.1) is 11.2 Å². The van der Waals surface area contributed by atoms with Crippen molar-refractivity contribution in [2.45, 2.75) is 24.5 Å². The quantitative estimate of drug-likeness (QED) is 0.682. The fourth-order valence-electron chi connectivity index (χ4n) is 1.55. The Morgan fingerprint density at radius 1 is 1.42 bits per heavy atom. The molecule has 0 aromatic carbocycles. The largest absolute Gasteiger partial charge is 0.481 e. The van der Waals surface area contributed by atoms with Crippen LogP contribution in [0.5, 0.6) is 0 Å². The van der Waals surface area contributed by atoms with Crippen molar-refractivity contribution in [1.29, 1.82) is 0 Å². The van der Waals surface area contributed by atoms with E-state index in [1.165, 1.54) is 6.26 Å². The molecular formula is C7H12O4S. The van der Waals surface area contributed by atoms with Crippen molar-refractivity contribution in [3.8, 4) is 0 Å². The number of carboxylic acid groups (broad SMARTS) is 1. The van der Waals surface area contributed by atoms with Gasteiger partial charge in [0.1, 0.15) is 9.84 Å². The highest BCUT2D eigenvalue weighted by molar-refractivity contribution is 7.91. The van der Waals surface area contributed by atoms with Gasteiger partial charge < -0.3 is 5.11 Å². The van der Waals surface area contributed by atoms with Crippen LogP contribution in [0.25, 0.3) is 0 Å². The molecule has 0 aromatic rings. The third-order valence-corrected chi connectivity index (χ3v) is 3.98. The molecule has 1 rings (SSSR count). The van der Waals surface area contributed by atoms with Crippen LogP contribution in [-0.4, -0.2) is 31.0 Å². The van der Waals surface area contributed by atoms with Crippen molar-refractivity contribution < 1.29 is 18.3 Å². The summed E-state index contributed by atoms with van der Waals surface area (Å²) in [7, 11) is -3.03. The molecule has 0 aromatic heterocycles. The number of hydrogen-bond donors (Lipinski definition) is 1. The Labute approximate surface area is 71.5 Å². The van der Waals surface area contributed by atoms with E-state index in [4.69, 9.17) is 5.11 Å². The van der Waals surface area contributed by atoms with E-state index < -0.39 is 27.0 Å². The van der Waals surface area contributed by atoms with Gasteiger partial charge in [0.15, 0.2) is 0 Å². The molecule has 0 bridgehead atoms. The van der Waals surface area contributed by atoms with Gasteiger partial charge in [-0.15, -0.1) is 0 Å². The van der Waals surface area contributed by atoms with Crippen LogP contribution in [0.1, 0.15) is 19.3 Å². The summed E-state index contributed by atoms with van der Waals surface area (Å²) >= 11 is 0. The molecule has 1 fully saturated rings. The summed E-state index contributed by atoms with van der Waals surface area (Å²) in [5.74, 6) is -1.33. The third kappa shape index (κ3) is 1.97. The highest BCUT2D eigenvalue weighted by atomic mass is 32.2. The summed E-state index contributed by atoms with van der Waals surface area (Å²) in [5, 5.41) is 8.17. The van der Waals surface area contributed by atoms with Gasteiger partial charge in [0.2, 0.25) is 0 Å². The van der Waals surface area contributed by atoms with Crippen LogP contribution in [0.2, 0.25) is 0 Å². The second-order valence-electron chi connectivity index (χ2n) is 3.30. The van der Waals surface area contributed by atoms with Gasteiger partial charge in [-0.2, -0.15) is 0 Å². The zero-order chi connectivity index (χ0) is 9.35. The van der Waals surface area contributed by atoms with E-state index in [1.807, 2.05) is 0 Å². The van der Waals surface area contributed by atoms with Crippen LogP contribution in [0.4, 0.5) is 0 Å². The Kier molecular flexibility index (Phi) is 2.41. The summed E-state index contributed by atoms with van der Waals surface area (Å²) in [5.41, 5.74) is 0. The highest BCUT2D eigenvalue weighted by Gasteiger charge is 2.34. The van der Waals surface area contributed by atoms with Crippen LogP contribution in [0, 0.1) is 5.92 Å². The number of hydrogen-bond acceptors (Lipinski definition) is 3. The Balaban J connectivity index is 2.64. The fraction of sp³-hybridized carbons (Fsp3) is 0.857. The molecule has 70 valence electrons. The summed E-state index contributed by atoms with van der Waals surface area (Å²) in [6.07, 6.45) is 2.44. The molecule has 4 nitrogen and oxygen atoms in total. The molecule has 1 N–H and O–H groups in total. The number of rotatable bonds is 2. The van der Waals surface area contributed by atoms with Crippen molar-refractivity contribution in [3.05, 3.63) is 0 Å². The van der Waals surface area contributed by atoms with E-state index in [0.717, 1.165) is 0 Å². The number of aliphatic carboxylic acids is 1. The Bertz CT molecular complexity index is 280. The van der Waals surface area contributed by atoms with Gasteiger partial charge in [-0.05, 0) is 19.3 Å². The molecule has 0 amide bonds. The lowest BCUT2D eigenvalue weighted by Gasteiger charge is -2.05. The van der Waals surface area contributed by atoms with Gasteiger partial charge in [0, 0.05) is 6.26 Å². The number of carbonyl (C=O) groups is 1. The fourth-order valence-corrected chi connectivity index (χ4v) is 2.70. The van der Waals surface area contributed by atoms with E-state index >= 15 is 0 Å². The number of sulfone groups is 1. The maximum atomic E-state index is 11.0. The van der Waals surface area contributed by atoms with Crippen molar-refractivity contribution in [2.24, 2.45) is 5.92 Å². The van der Waals surface area contributed by atoms with E-state index in [0.29, 0.717) is 12.8 Å². The van der Waals surface area contributed by atoms with E-state index in [1.54, 1.807) is 0 Å². The Morgan fingerprint density at radius 3 is 2.25 bits per heavy atom. The molecule has 0 aliphatic heterocycles. The first kappa shape index (κ1) is 9.51. The van der Waals surface area contributed by atoms with Gasteiger partial charge in [0.25, 0.3) is 0 Å². The average molecular weight is 192 g/mol. The van der Waals surface area contributed by atoms with Crippen molar-refractivity contribution in [1.82, 2.24) is 0 Å². The molecule has 1 aliphatic rings. The predicted octanol–water partition coefficient (Wildman–Crippen LogP) is 0.284. The summed E-state index contributed by atoms with van der Waals surface area (Å²) in [6, 6.07) is 0. The first-order valence-electron chi connectivity index (χ1n) is 3.83. The summed E-state index contributed by atoms with van der Waals surface area (Å²) < 4.78 is 22.0. The van der Waals surface area contributed by atoms with Gasteiger partial charge >= 0.3 is 5.97 Å². The van der Waals surface area contributed by atoms with Crippen molar-refractivity contribution in [2.75, 3.05) is 6.26 Å². The molecule has 12 heavy (non-hydrogen) atoms. The predicted molar refractivity (Wildman–Crippen MR) is 43.6 cm³/mol. The molecule has 2 atom stereocenters. The molecule has 0 spiro atoms. The molecule has 0 unspecified atom stereocenters. The minimum Gasteiger partial charge on any atom is -0.481 e. The smallest absolute Gasteiger partial charge is 0.306 e. The van der Waals surface area contributed by atoms with Crippen molar-refractivity contribution in [3.63, 3.8) is 0 Å². The van der Waals surface area contributed by atoms with Crippen LogP contribution >= 0.6 is 0 Å². The minimum atomic E-state index is -3.03. The third-order valence-electron chi connectivity index (χ3n) is 2.34. The lowest BCUT2D eigenvalue weighted by molar-refractivity contribution is -0.141. The summed E-state index contributed by atoms with van der Waals surface area (Å²) in [4.78, 5) is 10.5. The molecule has 0 heterocycles. The standard InChI is InChI=1S/C7H12O4S/c1-12(10,11)6-3-2-5(4-6)7(8)9/h5-6H,2-4H2,1H3,(H,8,9)/t5-,6+/m1/s1. The molecule has 5 heteroatoms. The summed E-state index contributed by atoms with van der Waals surface area (Å²) in [6.45, 7) is 0. The molecule has 0 saturated heterocycles. The molecule has 1 saturated carbocycles. The maximum Gasteiger partial charge on any atom is 0.306 e. The highest BCUT2D eigenvalue weighted by Crippen LogP contribution is 2.29. The average Bonchev–Trinajstić information content (AvgIpc) is 2.30. The van der Waals surface area contributed by atoms with Gasteiger partial charge in [-0.1, -0.05) is 0 Å². The van der Waals surface area contributed by atoms with E-state index in [9.17, 15) is 13.2 Å². The van der Waals surface area contributed by atoms with Crippen LogP contribution in [-0.2, 0) is 14.6 Å². The van der Waals surface area contributed by atoms with Crippen LogP contribution in [0.15, 0.2) is 0 Å². The zero-order valence-electron chi connectivity index (χ0n) is 6.86. The first-order chi connectivity index (χ1) is 5.41. The monoisotopic (exact) mass is 192 g/mol. The minimum absolute atomic E-state index is 0.286. The lowest BCUT2D eigenvalue weighted by atomic mass is 10.1. The Morgan fingerprint density at radius 2 is 2.00 bits per heavy atom. The second-order valence-corrected chi connectivity index (χ2v) is 5.63. The van der Waals surface area contributed by atoms with Gasteiger partial charge in [-0.25, -0.2) is 8.42 Å². The first-order valence-corrected chi connectivity index (χ1v) is 5.78. The van der Waals surface area contributed by atoms with Crippen LogP contribution < -0.4 is 0 Å². The normalized spacial score (nSPS) is 30.4. The maximum absolute atomic E-state index is 11.0. The second kappa shape index (κ2) is 3.05. The van der Waals surface area contributed by atoms with E-state index in [-0.39, 0.29) is 6.42 Å². The SMILES string of the molecule is CS(=O)(=O)[C@H]1CC[C@@H](C(=O)O)C1.